The molecule has 0 spiro atoms. The number of nitrogens with one attached hydrogen (secondary N) is 2. The fourth-order valence-corrected chi connectivity index (χ4v) is 2.98. The summed E-state index contributed by atoms with van der Waals surface area (Å²) >= 11 is 0. The van der Waals surface area contributed by atoms with Gasteiger partial charge in [0, 0.05) is 13.0 Å². The van der Waals surface area contributed by atoms with E-state index in [1.54, 1.807) is 0 Å². The number of piperidine rings is 1. The summed E-state index contributed by atoms with van der Waals surface area (Å²) in [4.78, 5) is 4.54. The van der Waals surface area contributed by atoms with Crippen molar-refractivity contribution in [3.63, 3.8) is 0 Å². The van der Waals surface area contributed by atoms with Crippen molar-refractivity contribution in [2.24, 2.45) is 5.92 Å². The van der Waals surface area contributed by atoms with Crippen LogP contribution in [0.3, 0.4) is 0 Å². The van der Waals surface area contributed by atoms with E-state index < -0.39 is 0 Å². The summed E-state index contributed by atoms with van der Waals surface area (Å²) in [5.74, 6) is 1.98. The molecule has 3 rings (SSSR count). The molecular formula is C14H23N3O. The van der Waals surface area contributed by atoms with E-state index in [0.29, 0.717) is 0 Å². The lowest BCUT2D eigenvalue weighted by Crippen LogP contribution is -2.28. The number of aromatic nitrogens is 1. The third-order valence-corrected chi connectivity index (χ3v) is 4.13. The second-order valence-electron chi connectivity index (χ2n) is 5.50. The molecule has 1 aromatic rings. The molecule has 0 amide bonds. The Hall–Kier alpha value is -1.03. The smallest absolute Gasteiger partial charge is 0.295 e. The Bertz CT molecular complexity index is 359. The van der Waals surface area contributed by atoms with Crippen LogP contribution in [0.15, 0.2) is 4.42 Å². The summed E-state index contributed by atoms with van der Waals surface area (Å²) < 4.78 is 5.76. The maximum atomic E-state index is 5.76. The summed E-state index contributed by atoms with van der Waals surface area (Å²) in [7, 11) is 0. The van der Waals surface area contributed by atoms with Crippen molar-refractivity contribution < 1.29 is 4.42 Å². The molecule has 0 aromatic carbocycles. The number of hydrogen-bond donors (Lipinski definition) is 2. The molecule has 4 heteroatoms. The number of rotatable bonds is 4. The summed E-state index contributed by atoms with van der Waals surface area (Å²) in [6.07, 6.45) is 8.51. The molecule has 1 aromatic heterocycles. The largest absolute Gasteiger partial charge is 0.428 e. The predicted octanol–water partition coefficient (Wildman–Crippen LogP) is 2.36. The molecule has 0 saturated carbocycles. The van der Waals surface area contributed by atoms with Gasteiger partial charge < -0.3 is 15.1 Å². The first kappa shape index (κ1) is 12.0. The fraction of sp³-hybridized carbons (Fsp3) is 0.786. The Labute approximate surface area is 109 Å². The maximum Gasteiger partial charge on any atom is 0.295 e. The Morgan fingerprint density at radius 1 is 1.22 bits per heavy atom. The van der Waals surface area contributed by atoms with E-state index in [1.807, 2.05) is 0 Å². The van der Waals surface area contributed by atoms with Crippen molar-refractivity contribution >= 4 is 6.01 Å². The highest BCUT2D eigenvalue weighted by molar-refractivity contribution is 5.26. The number of hydrogen-bond acceptors (Lipinski definition) is 4. The van der Waals surface area contributed by atoms with Gasteiger partial charge in [0.25, 0.3) is 6.01 Å². The van der Waals surface area contributed by atoms with Crippen molar-refractivity contribution in [2.45, 2.75) is 44.9 Å². The third kappa shape index (κ3) is 2.86. The number of fused-ring (bicyclic) bond motifs is 1. The number of oxazole rings is 1. The SMILES string of the molecule is C1CCc2oc(NCCC3CCNCC3)nc2C1. The van der Waals surface area contributed by atoms with Gasteiger partial charge in [-0.3, -0.25) is 0 Å². The Morgan fingerprint density at radius 2 is 2.06 bits per heavy atom. The quantitative estimate of drug-likeness (QED) is 0.860. The molecule has 0 radical (unpaired) electrons. The molecule has 1 saturated heterocycles. The topological polar surface area (TPSA) is 50.1 Å². The molecule has 0 bridgehead atoms. The zero-order valence-electron chi connectivity index (χ0n) is 11.0. The van der Waals surface area contributed by atoms with Gasteiger partial charge in [0.15, 0.2) is 0 Å². The van der Waals surface area contributed by atoms with Crippen molar-refractivity contribution in [1.29, 1.82) is 0 Å². The number of anilines is 1. The van der Waals surface area contributed by atoms with E-state index in [-0.39, 0.29) is 0 Å². The zero-order chi connectivity index (χ0) is 12.2. The molecule has 1 aliphatic heterocycles. The molecule has 2 aliphatic rings. The van der Waals surface area contributed by atoms with E-state index in [0.717, 1.165) is 37.1 Å². The highest BCUT2D eigenvalue weighted by Crippen LogP contribution is 2.24. The lowest BCUT2D eigenvalue weighted by molar-refractivity contribution is 0.360. The van der Waals surface area contributed by atoms with Crippen molar-refractivity contribution in [3.05, 3.63) is 11.5 Å². The minimum atomic E-state index is 0.746. The Balaban J connectivity index is 1.46. The molecule has 1 aliphatic carbocycles. The Morgan fingerprint density at radius 3 is 2.89 bits per heavy atom. The molecule has 1 fully saturated rings. The van der Waals surface area contributed by atoms with Crippen LogP contribution in [0.4, 0.5) is 6.01 Å². The second-order valence-corrected chi connectivity index (χ2v) is 5.50. The van der Waals surface area contributed by atoms with Crippen molar-refractivity contribution in [3.8, 4) is 0 Å². The van der Waals surface area contributed by atoms with Crippen LogP contribution in [-0.2, 0) is 12.8 Å². The monoisotopic (exact) mass is 249 g/mol. The van der Waals surface area contributed by atoms with E-state index in [1.165, 1.54) is 50.9 Å². The normalized spacial score (nSPS) is 20.7. The van der Waals surface area contributed by atoms with Crippen LogP contribution in [0.2, 0.25) is 0 Å². The van der Waals surface area contributed by atoms with Crippen molar-refractivity contribution in [1.82, 2.24) is 10.3 Å². The van der Waals surface area contributed by atoms with Gasteiger partial charge >= 0.3 is 0 Å². The first-order chi connectivity index (χ1) is 8.92. The minimum absolute atomic E-state index is 0.746. The van der Waals surface area contributed by atoms with Gasteiger partial charge in [-0.05, 0) is 57.5 Å². The highest BCUT2D eigenvalue weighted by Gasteiger charge is 2.17. The van der Waals surface area contributed by atoms with E-state index in [2.05, 4.69) is 15.6 Å². The van der Waals surface area contributed by atoms with E-state index in [4.69, 9.17) is 4.42 Å². The van der Waals surface area contributed by atoms with Crippen LogP contribution >= 0.6 is 0 Å². The number of aryl methyl sites for hydroxylation is 2. The maximum absolute atomic E-state index is 5.76. The van der Waals surface area contributed by atoms with Crippen LogP contribution in [0.25, 0.3) is 0 Å². The summed E-state index contributed by atoms with van der Waals surface area (Å²) in [5, 5.41) is 6.76. The third-order valence-electron chi connectivity index (χ3n) is 4.13. The van der Waals surface area contributed by atoms with Gasteiger partial charge in [-0.1, -0.05) is 0 Å². The average molecular weight is 249 g/mol. The van der Waals surface area contributed by atoms with Crippen LogP contribution < -0.4 is 10.6 Å². The van der Waals surface area contributed by atoms with Crippen LogP contribution in [0, 0.1) is 5.92 Å². The molecule has 0 atom stereocenters. The lowest BCUT2D eigenvalue weighted by Gasteiger charge is -2.22. The van der Waals surface area contributed by atoms with Crippen molar-refractivity contribution in [2.75, 3.05) is 25.0 Å². The van der Waals surface area contributed by atoms with E-state index >= 15 is 0 Å². The molecule has 100 valence electrons. The van der Waals surface area contributed by atoms with Gasteiger partial charge in [-0.25, -0.2) is 0 Å². The van der Waals surface area contributed by atoms with Crippen LogP contribution in [0.1, 0.15) is 43.6 Å². The first-order valence-corrected chi connectivity index (χ1v) is 7.35. The predicted molar refractivity (Wildman–Crippen MR) is 71.8 cm³/mol. The lowest BCUT2D eigenvalue weighted by atomic mass is 9.95. The van der Waals surface area contributed by atoms with E-state index in [9.17, 15) is 0 Å². The molecule has 4 nitrogen and oxygen atoms in total. The molecule has 0 unspecified atom stereocenters. The summed E-state index contributed by atoms with van der Waals surface area (Å²) in [6.45, 7) is 3.35. The molecule has 2 N–H and O–H groups in total. The summed E-state index contributed by atoms with van der Waals surface area (Å²) in [5.41, 5.74) is 1.19. The fourth-order valence-electron chi connectivity index (χ4n) is 2.98. The van der Waals surface area contributed by atoms with Gasteiger partial charge in [-0.2, -0.15) is 4.98 Å². The van der Waals surface area contributed by atoms with Gasteiger partial charge in [0.05, 0.1) is 5.69 Å². The second kappa shape index (κ2) is 5.74. The van der Waals surface area contributed by atoms with Gasteiger partial charge in [-0.15, -0.1) is 0 Å². The van der Waals surface area contributed by atoms with Gasteiger partial charge in [0.2, 0.25) is 0 Å². The number of nitrogens with zero attached hydrogens (tertiary/aromatic N) is 1. The Kier molecular flexibility index (Phi) is 3.84. The van der Waals surface area contributed by atoms with Crippen LogP contribution in [0.5, 0.6) is 0 Å². The average Bonchev–Trinajstić information content (AvgIpc) is 2.82. The van der Waals surface area contributed by atoms with Gasteiger partial charge in [0.1, 0.15) is 5.76 Å². The standard InChI is InChI=1S/C14H23N3O/c1-2-4-13-12(3-1)17-14(18-13)16-10-7-11-5-8-15-9-6-11/h11,15H,1-10H2,(H,16,17). The van der Waals surface area contributed by atoms with Crippen LogP contribution in [-0.4, -0.2) is 24.6 Å². The highest BCUT2D eigenvalue weighted by atomic mass is 16.4. The first-order valence-electron chi connectivity index (χ1n) is 7.35. The molecular weight excluding hydrogens is 226 g/mol. The zero-order valence-corrected chi connectivity index (χ0v) is 11.0. The molecule has 18 heavy (non-hydrogen) atoms. The minimum Gasteiger partial charge on any atom is -0.428 e. The molecule has 2 heterocycles. The summed E-state index contributed by atoms with van der Waals surface area (Å²) in [6, 6.07) is 0.746.